The van der Waals surface area contributed by atoms with E-state index >= 15 is 0 Å². The number of aryl methyl sites for hydroxylation is 2. The molecule has 0 amide bonds. The van der Waals surface area contributed by atoms with Crippen LogP contribution in [0.1, 0.15) is 31.9 Å². The fourth-order valence-corrected chi connectivity index (χ4v) is 1.35. The number of aromatic nitrogens is 2. The first-order valence-corrected chi connectivity index (χ1v) is 5.08. The summed E-state index contributed by atoms with van der Waals surface area (Å²) in [4.78, 5) is 0. The van der Waals surface area contributed by atoms with Crippen molar-refractivity contribution in [2.45, 2.75) is 33.1 Å². The molecule has 1 aromatic heterocycles. The van der Waals surface area contributed by atoms with Gasteiger partial charge in [-0.1, -0.05) is 19.8 Å². The molecule has 1 aromatic rings. The lowest BCUT2D eigenvalue weighted by molar-refractivity contribution is 0.282. The van der Waals surface area contributed by atoms with E-state index in [-0.39, 0.29) is 0 Å². The molecule has 0 aliphatic carbocycles. The first-order chi connectivity index (χ1) is 6.66. The molecule has 0 spiro atoms. The first kappa shape index (κ1) is 10.9. The summed E-state index contributed by atoms with van der Waals surface area (Å²) in [7, 11) is 1.85. The number of nitrogen functional groups attached to an aromatic ring is 1. The van der Waals surface area contributed by atoms with Crippen molar-refractivity contribution >= 4 is 5.69 Å². The number of hydrogen-bond acceptors (Lipinski definition) is 3. The van der Waals surface area contributed by atoms with Crippen molar-refractivity contribution in [2.24, 2.45) is 7.05 Å². The maximum absolute atomic E-state index is 5.81. The van der Waals surface area contributed by atoms with E-state index in [1.54, 1.807) is 4.68 Å². The van der Waals surface area contributed by atoms with Gasteiger partial charge in [0.1, 0.15) is 5.69 Å². The zero-order chi connectivity index (χ0) is 10.6. The third-order valence-electron chi connectivity index (χ3n) is 2.20. The Labute approximate surface area is 85.0 Å². The molecule has 4 heteroatoms. The van der Waals surface area contributed by atoms with E-state index in [1.807, 2.05) is 14.0 Å². The third kappa shape index (κ3) is 2.40. The summed E-state index contributed by atoms with van der Waals surface area (Å²) in [5.74, 6) is 0.693. The Balaban J connectivity index is 2.49. The Morgan fingerprint density at radius 3 is 2.64 bits per heavy atom. The van der Waals surface area contributed by atoms with Gasteiger partial charge in [0, 0.05) is 7.05 Å². The second-order valence-corrected chi connectivity index (χ2v) is 3.48. The number of anilines is 1. The third-order valence-corrected chi connectivity index (χ3v) is 2.20. The summed E-state index contributed by atoms with van der Waals surface area (Å²) in [5.41, 5.74) is 7.30. The van der Waals surface area contributed by atoms with Gasteiger partial charge >= 0.3 is 0 Å². The van der Waals surface area contributed by atoms with Crippen LogP contribution in [0.25, 0.3) is 0 Å². The number of nitrogens with zero attached hydrogens (tertiary/aromatic N) is 2. The maximum Gasteiger partial charge on any atom is 0.235 e. The minimum absolute atomic E-state index is 0.656. The summed E-state index contributed by atoms with van der Waals surface area (Å²) in [6, 6.07) is 0. The van der Waals surface area contributed by atoms with Crippen molar-refractivity contribution < 1.29 is 4.74 Å². The molecule has 1 heterocycles. The Bertz CT molecular complexity index is 294. The lowest BCUT2D eigenvalue weighted by Crippen LogP contribution is -2.03. The number of rotatable bonds is 5. The van der Waals surface area contributed by atoms with E-state index < -0.39 is 0 Å². The predicted molar refractivity (Wildman–Crippen MR) is 57.4 cm³/mol. The molecular formula is C10H19N3O. The Morgan fingerprint density at radius 2 is 2.14 bits per heavy atom. The van der Waals surface area contributed by atoms with Crippen LogP contribution < -0.4 is 10.5 Å². The standard InChI is InChI=1S/C10H19N3O/c1-4-5-6-7-14-10-9(11)8(2)12-13(10)3/h4-7,11H2,1-3H3. The summed E-state index contributed by atoms with van der Waals surface area (Å²) in [6.45, 7) is 4.77. The quantitative estimate of drug-likeness (QED) is 0.733. The van der Waals surface area contributed by atoms with Crippen molar-refractivity contribution in [3.8, 4) is 5.88 Å². The van der Waals surface area contributed by atoms with Crippen LogP contribution in [0.5, 0.6) is 5.88 Å². The molecular weight excluding hydrogens is 178 g/mol. The lowest BCUT2D eigenvalue weighted by Gasteiger charge is -2.06. The van der Waals surface area contributed by atoms with Gasteiger partial charge in [0.2, 0.25) is 5.88 Å². The summed E-state index contributed by atoms with van der Waals surface area (Å²) < 4.78 is 7.26. The van der Waals surface area contributed by atoms with E-state index in [9.17, 15) is 0 Å². The molecule has 0 saturated heterocycles. The lowest BCUT2D eigenvalue weighted by atomic mass is 10.3. The summed E-state index contributed by atoms with van der Waals surface area (Å²) in [5, 5.41) is 4.18. The van der Waals surface area contributed by atoms with Gasteiger partial charge < -0.3 is 10.5 Å². The minimum atomic E-state index is 0.656. The number of hydrogen-bond donors (Lipinski definition) is 1. The molecule has 4 nitrogen and oxygen atoms in total. The van der Waals surface area contributed by atoms with E-state index in [0.717, 1.165) is 18.7 Å². The van der Waals surface area contributed by atoms with Gasteiger partial charge in [0.15, 0.2) is 0 Å². The van der Waals surface area contributed by atoms with Crippen LogP contribution in [0, 0.1) is 6.92 Å². The number of nitrogens with two attached hydrogens (primary N) is 1. The molecule has 2 N–H and O–H groups in total. The predicted octanol–water partition coefficient (Wildman–Crippen LogP) is 1.88. The molecule has 0 fully saturated rings. The van der Waals surface area contributed by atoms with Crippen LogP contribution >= 0.6 is 0 Å². The molecule has 0 radical (unpaired) electrons. The highest BCUT2D eigenvalue weighted by Gasteiger charge is 2.10. The van der Waals surface area contributed by atoms with Crippen molar-refractivity contribution in [2.75, 3.05) is 12.3 Å². The Hall–Kier alpha value is -1.19. The van der Waals surface area contributed by atoms with Crippen LogP contribution in [0.15, 0.2) is 0 Å². The van der Waals surface area contributed by atoms with Gasteiger partial charge in [-0.05, 0) is 13.3 Å². The van der Waals surface area contributed by atoms with Gasteiger partial charge in [0.25, 0.3) is 0 Å². The minimum Gasteiger partial charge on any atom is -0.476 e. The van der Waals surface area contributed by atoms with Crippen LogP contribution in [0.3, 0.4) is 0 Å². The molecule has 0 bridgehead atoms. The van der Waals surface area contributed by atoms with Gasteiger partial charge in [-0.15, -0.1) is 0 Å². The Kier molecular flexibility index (Phi) is 3.80. The summed E-state index contributed by atoms with van der Waals surface area (Å²) in [6.07, 6.45) is 3.46. The van der Waals surface area contributed by atoms with Crippen molar-refractivity contribution in [1.29, 1.82) is 0 Å². The molecule has 0 aromatic carbocycles. The van der Waals surface area contributed by atoms with Crippen LogP contribution in [-0.2, 0) is 7.05 Å². The fourth-order valence-electron chi connectivity index (χ4n) is 1.35. The molecule has 0 saturated carbocycles. The highest BCUT2D eigenvalue weighted by atomic mass is 16.5. The van der Waals surface area contributed by atoms with Crippen molar-refractivity contribution in [1.82, 2.24) is 9.78 Å². The van der Waals surface area contributed by atoms with E-state index in [4.69, 9.17) is 10.5 Å². The summed E-state index contributed by atoms with van der Waals surface area (Å²) >= 11 is 0. The normalized spacial score (nSPS) is 10.5. The van der Waals surface area contributed by atoms with Gasteiger partial charge in [-0.3, -0.25) is 0 Å². The highest BCUT2D eigenvalue weighted by Crippen LogP contribution is 2.23. The van der Waals surface area contributed by atoms with E-state index in [0.29, 0.717) is 11.6 Å². The van der Waals surface area contributed by atoms with Gasteiger partial charge in [-0.25, -0.2) is 4.68 Å². The second-order valence-electron chi connectivity index (χ2n) is 3.48. The maximum atomic E-state index is 5.81. The Morgan fingerprint density at radius 1 is 1.43 bits per heavy atom. The topological polar surface area (TPSA) is 53.1 Å². The highest BCUT2D eigenvalue weighted by molar-refractivity contribution is 5.52. The average Bonchev–Trinajstić information content (AvgIpc) is 2.38. The molecule has 0 unspecified atom stereocenters. The molecule has 0 aliphatic rings. The smallest absolute Gasteiger partial charge is 0.235 e. The molecule has 80 valence electrons. The van der Waals surface area contributed by atoms with E-state index in [2.05, 4.69) is 12.0 Å². The average molecular weight is 197 g/mol. The SMILES string of the molecule is CCCCCOc1c(N)c(C)nn1C. The van der Waals surface area contributed by atoms with Crippen LogP contribution in [0.4, 0.5) is 5.69 Å². The van der Waals surface area contributed by atoms with Gasteiger partial charge in [0.05, 0.1) is 12.3 Å². The zero-order valence-electron chi connectivity index (χ0n) is 9.21. The molecule has 1 rings (SSSR count). The molecule has 14 heavy (non-hydrogen) atoms. The van der Waals surface area contributed by atoms with E-state index in [1.165, 1.54) is 12.8 Å². The first-order valence-electron chi connectivity index (χ1n) is 5.08. The molecule has 0 atom stereocenters. The van der Waals surface area contributed by atoms with Crippen LogP contribution in [-0.4, -0.2) is 16.4 Å². The number of ether oxygens (including phenoxy) is 1. The monoisotopic (exact) mass is 197 g/mol. The number of unbranched alkanes of at least 4 members (excludes halogenated alkanes) is 2. The van der Waals surface area contributed by atoms with Crippen LogP contribution in [0.2, 0.25) is 0 Å². The largest absolute Gasteiger partial charge is 0.476 e. The van der Waals surface area contributed by atoms with Crippen molar-refractivity contribution in [3.63, 3.8) is 0 Å². The van der Waals surface area contributed by atoms with Crippen molar-refractivity contribution in [3.05, 3.63) is 5.69 Å². The second kappa shape index (κ2) is 4.88. The zero-order valence-corrected chi connectivity index (χ0v) is 9.21. The van der Waals surface area contributed by atoms with Gasteiger partial charge in [-0.2, -0.15) is 5.10 Å². The molecule has 0 aliphatic heterocycles. The fraction of sp³-hybridized carbons (Fsp3) is 0.700.